The average Bonchev–Trinajstić information content (AvgIpc) is 2.48. The minimum atomic E-state index is -0.291. The van der Waals surface area contributed by atoms with E-state index in [1.165, 1.54) is 10.7 Å². The normalized spacial score (nSPS) is 10.7. The first-order valence-corrected chi connectivity index (χ1v) is 7.86. The standard InChI is InChI=1S/C16H18BrN3O2/c1-11(2)9-18-15(21)10-20-16(22)8-7-14(19-20)12-3-5-13(17)6-4-12/h3-8,11H,9-10H2,1-2H3,(H,18,21). The van der Waals surface area contributed by atoms with Gasteiger partial charge in [0, 0.05) is 22.6 Å². The summed E-state index contributed by atoms with van der Waals surface area (Å²) in [4.78, 5) is 23.7. The van der Waals surface area contributed by atoms with Crippen LogP contribution in [0.15, 0.2) is 45.7 Å². The molecule has 0 aliphatic heterocycles. The summed E-state index contributed by atoms with van der Waals surface area (Å²) in [6.07, 6.45) is 0. The van der Waals surface area contributed by atoms with Crippen molar-refractivity contribution >= 4 is 21.8 Å². The number of hydrogen-bond donors (Lipinski definition) is 1. The van der Waals surface area contributed by atoms with E-state index in [-0.39, 0.29) is 18.0 Å². The lowest BCUT2D eigenvalue weighted by atomic mass is 10.1. The van der Waals surface area contributed by atoms with Crippen LogP contribution in [0.5, 0.6) is 0 Å². The molecule has 0 saturated heterocycles. The minimum Gasteiger partial charge on any atom is -0.354 e. The molecule has 6 heteroatoms. The van der Waals surface area contributed by atoms with Crippen LogP contribution in [0, 0.1) is 5.92 Å². The summed E-state index contributed by atoms with van der Waals surface area (Å²) in [6.45, 7) is 4.54. The van der Waals surface area contributed by atoms with Crippen molar-refractivity contribution in [3.63, 3.8) is 0 Å². The van der Waals surface area contributed by atoms with Crippen LogP contribution in [-0.2, 0) is 11.3 Å². The number of carbonyl (C=O) groups excluding carboxylic acids is 1. The SMILES string of the molecule is CC(C)CNC(=O)Cn1nc(-c2ccc(Br)cc2)ccc1=O. The maximum absolute atomic E-state index is 11.8. The molecule has 22 heavy (non-hydrogen) atoms. The largest absolute Gasteiger partial charge is 0.354 e. The van der Waals surface area contributed by atoms with Crippen molar-refractivity contribution < 1.29 is 4.79 Å². The van der Waals surface area contributed by atoms with Gasteiger partial charge in [-0.05, 0) is 24.1 Å². The van der Waals surface area contributed by atoms with Crippen LogP contribution in [0.25, 0.3) is 11.3 Å². The Bertz CT molecular complexity index is 708. The molecular weight excluding hydrogens is 346 g/mol. The van der Waals surface area contributed by atoms with Crippen LogP contribution in [0.3, 0.4) is 0 Å². The number of hydrogen-bond acceptors (Lipinski definition) is 3. The molecule has 0 bridgehead atoms. The van der Waals surface area contributed by atoms with Gasteiger partial charge in [-0.25, -0.2) is 4.68 Å². The number of nitrogens with zero attached hydrogens (tertiary/aromatic N) is 2. The molecular formula is C16H18BrN3O2. The maximum atomic E-state index is 11.8. The van der Waals surface area contributed by atoms with Gasteiger partial charge in [-0.2, -0.15) is 5.10 Å². The van der Waals surface area contributed by atoms with Crippen molar-refractivity contribution in [1.29, 1.82) is 0 Å². The van der Waals surface area contributed by atoms with E-state index in [2.05, 4.69) is 26.3 Å². The quantitative estimate of drug-likeness (QED) is 0.887. The summed E-state index contributed by atoms with van der Waals surface area (Å²) < 4.78 is 2.16. The number of benzene rings is 1. The molecule has 0 aliphatic rings. The van der Waals surface area contributed by atoms with E-state index in [4.69, 9.17) is 0 Å². The second-order valence-electron chi connectivity index (χ2n) is 5.42. The number of nitrogens with one attached hydrogen (secondary N) is 1. The molecule has 2 aromatic rings. The van der Waals surface area contributed by atoms with Gasteiger partial charge < -0.3 is 5.32 Å². The van der Waals surface area contributed by atoms with Gasteiger partial charge in [0.05, 0.1) is 5.69 Å². The molecule has 5 nitrogen and oxygen atoms in total. The van der Waals surface area contributed by atoms with Gasteiger partial charge in [0.15, 0.2) is 0 Å². The minimum absolute atomic E-state index is 0.0735. The zero-order valence-electron chi connectivity index (χ0n) is 12.5. The fraction of sp³-hybridized carbons (Fsp3) is 0.312. The van der Waals surface area contributed by atoms with E-state index in [1.807, 2.05) is 38.1 Å². The third kappa shape index (κ3) is 4.53. The van der Waals surface area contributed by atoms with Crippen LogP contribution in [0.4, 0.5) is 0 Å². The topological polar surface area (TPSA) is 64.0 Å². The van der Waals surface area contributed by atoms with E-state index in [1.54, 1.807) is 6.07 Å². The first kappa shape index (κ1) is 16.4. The summed E-state index contributed by atoms with van der Waals surface area (Å²) >= 11 is 3.38. The third-order valence-electron chi connectivity index (χ3n) is 3.01. The molecule has 0 aliphatic carbocycles. The van der Waals surface area contributed by atoms with E-state index in [0.29, 0.717) is 18.2 Å². The summed E-state index contributed by atoms with van der Waals surface area (Å²) in [6, 6.07) is 10.7. The molecule has 2 rings (SSSR count). The lowest BCUT2D eigenvalue weighted by Crippen LogP contribution is -2.35. The van der Waals surface area contributed by atoms with Crippen LogP contribution >= 0.6 is 15.9 Å². The Morgan fingerprint density at radius 1 is 1.23 bits per heavy atom. The Morgan fingerprint density at radius 2 is 1.91 bits per heavy atom. The number of carbonyl (C=O) groups is 1. The Hall–Kier alpha value is -1.95. The van der Waals surface area contributed by atoms with Crippen LogP contribution in [0.1, 0.15) is 13.8 Å². The molecule has 0 saturated carbocycles. The molecule has 0 fully saturated rings. The maximum Gasteiger partial charge on any atom is 0.267 e. The van der Waals surface area contributed by atoms with E-state index in [9.17, 15) is 9.59 Å². The van der Waals surface area contributed by atoms with Gasteiger partial charge >= 0.3 is 0 Å². The zero-order valence-corrected chi connectivity index (χ0v) is 14.1. The van der Waals surface area contributed by atoms with E-state index >= 15 is 0 Å². The van der Waals surface area contributed by atoms with Crippen molar-refractivity contribution in [1.82, 2.24) is 15.1 Å². The van der Waals surface area contributed by atoms with Gasteiger partial charge in [0.25, 0.3) is 5.56 Å². The second kappa shape index (κ2) is 7.35. The zero-order chi connectivity index (χ0) is 16.1. The summed E-state index contributed by atoms with van der Waals surface area (Å²) in [5.41, 5.74) is 1.25. The number of aromatic nitrogens is 2. The number of halogens is 1. The van der Waals surface area contributed by atoms with Crippen LogP contribution in [-0.4, -0.2) is 22.2 Å². The lowest BCUT2D eigenvalue weighted by molar-refractivity contribution is -0.122. The number of rotatable bonds is 5. The van der Waals surface area contributed by atoms with Gasteiger partial charge in [-0.15, -0.1) is 0 Å². The van der Waals surface area contributed by atoms with Crippen molar-refractivity contribution in [2.45, 2.75) is 20.4 Å². The lowest BCUT2D eigenvalue weighted by Gasteiger charge is -2.09. The fourth-order valence-corrected chi connectivity index (χ4v) is 2.11. The highest BCUT2D eigenvalue weighted by Crippen LogP contribution is 2.18. The Kier molecular flexibility index (Phi) is 5.49. The first-order valence-electron chi connectivity index (χ1n) is 7.06. The summed E-state index contributed by atoms with van der Waals surface area (Å²) in [5.74, 6) is 0.152. The Labute approximate surface area is 137 Å². The average molecular weight is 364 g/mol. The van der Waals surface area contributed by atoms with Gasteiger partial charge in [0.2, 0.25) is 5.91 Å². The molecule has 1 N–H and O–H groups in total. The highest BCUT2D eigenvalue weighted by atomic mass is 79.9. The van der Waals surface area contributed by atoms with Crippen LogP contribution in [0.2, 0.25) is 0 Å². The number of amides is 1. The third-order valence-corrected chi connectivity index (χ3v) is 3.54. The fourth-order valence-electron chi connectivity index (χ4n) is 1.85. The molecule has 0 atom stereocenters. The summed E-state index contributed by atoms with van der Waals surface area (Å²) in [7, 11) is 0. The van der Waals surface area contributed by atoms with Crippen molar-refractivity contribution in [3.05, 3.63) is 51.2 Å². The first-order chi connectivity index (χ1) is 10.5. The van der Waals surface area contributed by atoms with Gasteiger partial charge in [0.1, 0.15) is 6.54 Å². The molecule has 116 valence electrons. The molecule has 0 radical (unpaired) electrons. The molecule has 1 heterocycles. The Morgan fingerprint density at radius 3 is 2.55 bits per heavy atom. The predicted molar refractivity (Wildman–Crippen MR) is 89.5 cm³/mol. The van der Waals surface area contributed by atoms with Crippen molar-refractivity contribution in [2.24, 2.45) is 5.92 Å². The molecule has 0 unspecified atom stereocenters. The van der Waals surface area contributed by atoms with E-state index in [0.717, 1.165) is 10.0 Å². The highest BCUT2D eigenvalue weighted by molar-refractivity contribution is 9.10. The highest BCUT2D eigenvalue weighted by Gasteiger charge is 2.08. The van der Waals surface area contributed by atoms with Gasteiger partial charge in [-0.1, -0.05) is 41.9 Å². The molecule has 1 aromatic heterocycles. The smallest absolute Gasteiger partial charge is 0.267 e. The Balaban J connectivity index is 2.18. The molecule has 1 aromatic carbocycles. The van der Waals surface area contributed by atoms with Gasteiger partial charge in [-0.3, -0.25) is 9.59 Å². The molecule has 0 spiro atoms. The molecule has 1 amide bonds. The predicted octanol–water partition coefficient (Wildman–Crippen LogP) is 2.45. The summed E-state index contributed by atoms with van der Waals surface area (Å²) in [5, 5.41) is 7.05. The van der Waals surface area contributed by atoms with E-state index < -0.39 is 0 Å². The second-order valence-corrected chi connectivity index (χ2v) is 6.33. The monoisotopic (exact) mass is 363 g/mol. The van der Waals surface area contributed by atoms with Crippen LogP contribution < -0.4 is 10.9 Å². The van der Waals surface area contributed by atoms with Crippen molar-refractivity contribution in [2.75, 3.05) is 6.54 Å². The van der Waals surface area contributed by atoms with Crippen molar-refractivity contribution in [3.8, 4) is 11.3 Å².